The van der Waals surface area contributed by atoms with Crippen molar-refractivity contribution in [2.75, 3.05) is 32.6 Å². The van der Waals surface area contributed by atoms with Crippen LogP contribution in [0.4, 0.5) is 0 Å². The van der Waals surface area contributed by atoms with Crippen LogP contribution in [0.1, 0.15) is 32.1 Å². The van der Waals surface area contributed by atoms with Crippen molar-refractivity contribution in [1.82, 2.24) is 4.72 Å². The van der Waals surface area contributed by atoms with Gasteiger partial charge in [0.25, 0.3) is 0 Å². The first-order valence-electron chi connectivity index (χ1n) is 6.11. The molecular formula is C11H23NO4S. The average molecular weight is 265 g/mol. The Bertz CT molecular complexity index is 311. The van der Waals surface area contributed by atoms with E-state index in [-0.39, 0.29) is 17.8 Å². The molecule has 0 spiro atoms. The molecule has 0 unspecified atom stereocenters. The summed E-state index contributed by atoms with van der Waals surface area (Å²) in [7, 11) is -1.51. The number of aliphatic hydroxyl groups excluding tert-OH is 1. The lowest BCUT2D eigenvalue weighted by atomic mass is 10.0. The molecule has 0 saturated heterocycles. The maximum Gasteiger partial charge on any atom is 0.211 e. The summed E-state index contributed by atoms with van der Waals surface area (Å²) in [6.45, 7) is 1.26. The second kappa shape index (κ2) is 6.68. The molecule has 0 aliphatic heterocycles. The van der Waals surface area contributed by atoms with Crippen molar-refractivity contribution >= 4 is 10.0 Å². The first-order chi connectivity index (χ1) is 8.04. The third kappa shape index (κ3) is 5.81. The van der Waals surface area contributed by atoms with Gasteiger partial charge in [-0.3, -0.25) is 0 Å². The number of unbranched alkanes of at least 4 members (excludes halogenated alkanes) is 1. The lowest BCUT2D eigenvalue weighted by Gasteiger charge is -2.15. The Hall–Kier alpha value is -0.170. The van der Waals surface area contributed by atoms with Crippen molar-refractivity contribution in [3.8, 4) is 0 Å². The standard InChI is InChI=1S/C11H23NO4S/c1-16-8-6-11(4-5-11)10-12-17(14,15)9-3-2-7-13/h12-13H,2-10H2,1H3. The van der Waals surface area contributed by atoms with E-state index in [1.807, 2.05) is 0 Å². The summed E-state index contributed by atoms with van der Waals surface area (Å²) < 4.78 is 30.9. The van der Waals surface area contributed by atoms with E-state index in [9.17, 15) is 8.42 Å². The summed E-state index contributed by atoms with van der Waals surface area (Å²) in [6, 6.07) is 0. The van der Waals surface area contributed by atoms with Gasteiger partial charge in [0.05, 0.1) is 5.75 Å². The van der Waals surface area contributed by atoms with Crippen LogP contribution < -0.4 is 4.72 Å². The summed E-state index contributed by atoms with van der Waals surface area (Å²) in [5, 5.41) is 8.60. The molecule has 0 aromatic heterocycles. The van der Waals surface area contributed by atoms with E-state index in [1.165, 1.54) is 0 Å². The van der Waals surface area contributed by atoms with Crippen LogP contribution in [0.25, 0.3) is 0 Å². The fourth-order valence-corrected chi connectivity index (χ4v) is 3.00. The predicted octanol–water partition coefficient (Wildman–Crippen LogP) is 0.495. The molecule has 102 valence electrons. The van der Waals surface area contributed by atoms with Gasteiger partial charge in [0, 0.05) is 26.9 Å². The first kappa shape index (κ1) is 14.9. The summed E-state index contributed by atoms with van der Waals surface area (Å²) >= 11 is 0. The molecule has 2 N–H and O–H groups in total. The van der Waals surface area contributed by atoms with E-state index in [4.69, 9.17) is 9.84 Å². The zero-order chi connectivity index (χ0) is 12.8. The van der Waals surface area contributed by atoms with Gasteiger partial charge in [-0.05, 0) is 37.5 Å². The SMILES string of the molecule is COCCC1(CNS(=O)(=O)CCCCO)CC1. The molecule has 0 aromatic carbocycles. The molecule has 1 aliphatic rings. The number of ether oxygens (including phenoxy) is 1. The molecule has 0 aromatic rings. The van der Waals surface area contributed by atoms with Crippen molar-refractivity contribution < 1.29 is 18.3 Å². The summed E-state index contributed by atoms with van der Waals surface area (Å²) in [6.07, 6.45) is 4.13. The highest BCUT2D eigenvalue weighted by atomic mass is 32.2. The smallest absolute Gasteiger partial charge is 0.211 e. The first-order valence-corrected chi connectivity index (χ1v) is 7.76. The monoisotopic (exact) mass is 265 g/mol. The number of hydrogen-bond donors (Lipinski definition) is 2. The minimum Gasteiger partial charge on any atom is -0.396 e. The highest BCUT2D eigenvalue weighted by Gasteiger charge is 2.42. The molecule has 0 atom stereocenters. The van der Waals surface area contributed by atoms with Crippen molar-refractivity contribution in [3.63, 3.8) is 0 Å². The van der Waals surface area contributed by atoms with Crippen LogP contribution in [-0.2, 0) is 14.8 Å². The molecule has 5 nitrogen and oxygen atoms in total. The number of sulfonamides is 1. The average Bonchev–Trinajstić information content (AvgIpc) is 3.05. The molecule has 1 rings (SSSR count). The number of nitrogens with one attached hydrogen (secondary N) is 1. The highest BCUT2D eigenvalue weighted by molar-refractivity contribution is 7.89. The van der Waals surface area contributed by atoms with Crippen molar-refractivity contribution in [2.45, 2.75) is 32.1 Å². The van der Waals surface area contributed by atoms with E-state index in [0.29, 0.717) is 26.0 Å². The van der Waals surface area contributed by atoms with Crippen LogP contribution in [0.3, 0.4) is 0 Å². The van der Waals surface area contributed by atoms with Crippen LogP contribution in [-0.4, -0.2) is 46.1 Å². The largest absolute Gasteiger partial charge is 0.396 e. The van der Waals surface area contributed by atoms with Gasteiger partial charge in [0.1, 0.15) is 0 Å². The fraction of sp³-hybridized carbons (Fsp3) is 1.00. The number of hydrogen-bond acceptors (Lipinski definition) is 4. The molecule has 0 bridgehead atoms. The third-order valence-electron chi connectivity index (χ3n) is 3.28. The molecule has 17 heavy (non-hydrogen) atoms. The maximum absolute atomic E-state index is 11.6. The van der Waals surface area contributed by atoms with Gasteiger partial charge < -0.3 is 9.84 Å². The molecule has 1 saturated carbocycles. The number of aliphatic hydroxyl groups is 1. The van der Waals surface area contributed by atoms with Crippen LogP contribution in [0.2, 0.25) is 0 Å². The zero-order valence-electron chi connectivity index (χ0n) is 10.4. The van der Waals surface area contributed by atoms with Gasteiger partial charge in [-0.25, -0.2) is 13.1 Å². The molecule has 0 heterocycles. The minimum atomic E-state index is -3.17. The molecule has 1 aliphatic carbocycles. The van der Waals surface area contributed by atoms with Crippen LogP contribution in [0, 0.1) is 5.41 Å². The van der Waals surface area contributed by atoms with Crippen molar-refractivity contribution in [3.05, 3.63) is 0 Å². The zero-order valence-corrected chi connectivity index (χ0v) is 11.3. The number of rotatable bonds is 10. The molecule has 1 fully saturated rings. The van der Waals surface area contributed by atoms with Gasteiger partial charge in [0.15, 0.2) is 0 Å². The van der Waals surface area contributed by atoms with Crippen LogP contribution in [0.5, 0.6) is 0 Å². The van der Waals surface area contributed by atoms with Gasteiger partial charge in [-0.2, -0.15) is 0 Å². The molecule has 0 radical (unpaired) electrons. The van der Waals surface area contributed by atoms with Gasteiger partial charge >= 0.3 is 0 Å². The van der Waals surface area contributed by atoms with Crippen LogP contribution >= 0.6 is 0 Å². The third-order valence-corrected chi connectivity index (χ3v) is 4.69. The second-order valence-corrected chi connectivity index (χ2v) is 6.74. The Balaban J connectivity index is 2.24. The Morgan fingerprint density at radius 1 is 1.35 bits per heavy atom. The van der Waals surface area contributed by atoms with Gasteiger partial charge in [-0.1, -0.05) is 0 Å². The lowest BCUT2D eigenvalue weighted by Crippen LogP contribution is -2.32. The van der Waals surface area contributed by atoms with Gasteiger partial charge in [0.2, 0.25) is 10.0 Å². The highest BCUT2D eigenvalue weighted by Crippen LogP contribution is 2.48. The predicted molar refractivity (Wildman–Crippen MR) is 66.3 cm³/mol. The molecule has 6 heteroatoms. The molecular weight excluding hydrogens is 242 g/mol. The Labute approximate surface area is 104 Å². The second-order valence-electron chi connectivity index (χ2n) is 4.81. The van der Waals surface area contributed by atoms with Gasteiger partial charge in [-0.15, -0.1) is 0 Å². The van der Waals surface area contributed by atoms with Crippen LogP contribution in [0.15, 0.2) is 0 Å². The normalized spacial score (nSPS) is 18.2. The van der Waals surface area contributed by atoms with E-state index in [1.54, 1.807) is 7.11 Å². The Morgan fingerprint density at radius 3 is 2.59 bits per heavy atom. The quantitative estimate of drug-likeness (QED) is 0.564. The molecule has 0 amide bonds. The Kier molecular flexibility index (Phi) is 5.85. The topological polar surface area (TPSA) is 75.6 Å². The van der Waals surface area contributed by atoms with E-state index >= 15 is 0 Å². The maximum atomic E-state index is 11.6. The van der Waals surface area contributed by atoms with E-state index < -0.39 is 10.0 Å². The van der Waals surface area contributed by atoms with E-state index in [0.717, 1.165) is 19.3 Å². The minimum absolute atomic E-state index is 0.0489. The summed E-state index contributed by atoms with van der Waals surface area (Å²) in [5.74, 6) is 0.105. The lowest BCUT2D eigenvalue weighted by molar-refractivity contribution is 0.173. The van der Waals surface area contributed by atoms with E-state index in [2.05, 4.69) is 4.72 Å². The Morgan fingerprint density at radius 2 is 2.06 bits per heavy atom. The number of methoxy groups -OCH3 is 1. The van der Waals surface area contributed by atoms with Crippen molar-refractivity contribution in [2.24, 2.45) is 5.41 Å². The summed E-state index contributed by atoms with van der Waals surface area (Å²) in [4.78, 5) is 0. The fourth-order valence-electron chi connectivity index (χ4n) is 1.75. The van der Waals surface area contributed by atoms with Crippen molar-refractivity contribution in [1.29, 1.82) is 0 Å². The summed E-state index contributed by atoms with van der Waals surface area (Å²) in [5.41, 5.74) is 0.139.